The first-order valence-corrected chi connectivity index (χ1v) is 8.80. The summed E-state index contributed by atoms with van der Waals surface area (Å²) < 4.78 is 1.96. The minimum absolute atomic E-state index is 0.119. The van der Waals surface area contributed by atoms with Gasteiger partial charge in [0, 0.05) is 11.3 Å². The van der Waals surface area contributed by atoms with E-state index in [4.69, 9.17) is 0 Å². The molecule has 0 bridgehead atoms. The molecule has 1 heterocycles. The summed E-state index contributed by atoms with van der Waals surface area (Å²) >= 11 is 1.52. The number of nitrogens with one attached hydrogen (secondary N) is 1. The van der Waals surface area contributed by atoms with Crippen LogP contribution in [0.4, 0.5) is 0 Å². The Balaban J connectivity index is 1.81. The molecule has 0 saturated carbocycles. The molecule has 0 fully saturated rings. The van der Waals surface area contributed by atoms with Gasteiger partial charge in [-0.05, 0) is 37.4 Å². The quantitative estimate of drug-likeness (QED) is 0.726. The number of hydrogen-bond acceptors (Lipinski definition) is 4. The highest BCUT2D eigenvalue weighted by Crippen LogP contribution is 2.19. The van der Waals surface area contributed by atoms with Gasteiger partial charge in [-0.2, -0.15) is 0 Å². The predicted molar refractivity (Wildman–Crippen MR) is 95.5 cm³/mol. The van der Waals surface area contributed by atoms with Crippen molar-refractivity contribution in [2.24, 2.45) is 0 Å². The second-order valence-corrected chi connectivity index (χ2v) is 6.10. The van der Waals surface area contributed by atoms with Gasteiger partial charge in [-0.15, -0.1) is 10.2 Å². The number of amides is 1. The molecule has 1 aromatic heterocycles. The van der Waals surface area contributed by atoms with Crippen molar-refractivity contribution in [1.29, 1.82) is 0 Å². The number of benzene rings is 2. The van der Waals surface area contributed by atoms with E-state index in [1.54, 1.807) is 6.07 Å². The monoisotopic (exact) mass is 338 g/mol. The second-order valence-electron chi connectivity index (χ2n) is 5.33. The molecule has 5 nitrogen and oxygen atoms in total. The van der Waals surface area contributed by atoms with Gasteiger partial charge in [0.2, 0.25) is 0 Å². The van der Waals surface area contributed by atoms with Gasteiger partial charge in [0.05, 0.1) is 6.54 Å². The van der Waals surface area contributed by atoms with Crippen LogP contribution in [0.1, 0.15) is 21.7 Å². The fourth-order valence-electron chi connectivity index (χ4n) is 2.43. The molecule has 24 heavy (non-hydrogen) atoms. The molecule has 0 radical (unpaired) electrons. The molecule has 3 aromatic rings. The molecule has 0 aliphatic heterocycles. The minimum Gasteiger partial charge on any atom is -0.345 e. The predicted octanol–water partition coefficient (Wildman–Crippen LogP) is 3.23. The lowest BCUT2D eigenvalue weighted by Gasteiger charge is -2.10. The molecule has 0 aliphatic rings. The van der Waals surface area contributed by atoms with Gasteiger partial charge < -0.3 is 5.32 Å². The summed E-state index contributed by atoms with van der Waals surface area (Å²) in [5, 5.41) is 12.1. The van der Waals surface area contributed by atoms with Crippen molar-refractivity contribution in [1.82, 2.24) is 20.1 Å². The Morgan fingerprint density at radius 1 is 1.12 bits per heavy atom. The van der Waals surface area contributed by atoms with Crippen LogP contribution in [-0.2, 0) is 6.54 Å². The first-order chi connectivity index (χ1) is 11.7. The lowest BCUT2D eigenvalue weighted by atomic mass is 10.1. The summed E-state index contributed by atoms with van der Waals surface area (Å²) in [6.07, 6.45) is 1.96. The zero-order chi connectivity index (χ0) is 16.9. The van der Waals surface area contributed by atoms with Crippen molar-refractivity contribution in [3.05, 3.63) is 71.5 Å². The van der Waals surface area contributed by atoms with E-state index in [-0.39, 0.29) is 5.91 Å². The first kappa shape index (κ1) is 16.3. The van der Waals surface area contributed by atoms with Crippen LogP contribution in [0.25, 0.3) is 5.69 Å². The molecule has 3 rings (SSSR count). The Labute approximate surface area is 145 Å². The summed E-state index contributed by atoms with van der Waals surface area (Å²) in [5.41, 5.74) is 2.68. The molecule has 0 spiro atoms. The van der Waals surface area contributed by atoms with Crippen LogP contribution in [0.2, 0.25) is 0 Å². The highest BCUT2D eigenvalue weighted by atomic mass is 32.2. The lowest BCUT2D eigenvalue weighted by molar-refractivity contribution is 0.0949. The van der Waals surface area contributed by atoms with E-state index in [0.717, 1.165) is 16.4 Å². The second kappa shape index (κ2) is 7.31. The van der Waals surface area contributed by atoms with Crippen LogP contribution in [-0.4, -0.2) is 26.9 Å². The Hall–Kier alpha value is -2.60. The smallest absolute Gasteiger partial charge is 0.251 e. The molecule has 6 heteroatoms. The van der Waals surface area contributed by atoms with E-state index in [2.05, 4.69) is 15.5 Å². The third-order valence-electron chi connectivity index (χ3n) is 3.58. The number of hydrogen-bond donors (Lipinski definition) is 1. The number of thioether (sulfide) groups is 1. The van der Waals surface area contributed by atoms with Gasteiger partial charge in [-0.3, -0.25) is 9.36 Å². The number of aromatic nitrogens is 3. The molecule has 1 amide bonds. The minimum atomic E-state index is -0.119. The Morgan fingerprint density at radius 2 is 1.92 bits per heavy atom. The number of carbonyl (C=O) groups excluding carboxylic acids is 1. The van der Waals surface area contributed by atoms with Crippen LogP contribution < -0.4 is 5.32 Å². The Kier molecular flexibility index (Phi) is 4.96. The Bertz CT molecular complexity index is 845. The standard InChI is InChI=1S/C18H18N4OS/c1-13-7-6-8-14(11-13)17(23)19-12-16-20-21-18(24-2)22(16)15-9-4-3-5-10-15/h3-11H,12H2,1-2H3,(H,19,23). The van der Waals surface area contributed by atoms with Gasteiger partial charge in [0.1, 0.15) is 0 Å². The highest BCUT2D eigenvalue weighted by Gasteiger charge is 2.14. The van der Waals surface area contributed by atoms with Crippen LogP contribution in [0, 0.1) is 6.92 Å². The molecular formula is C18H18N4OS. The maximum Gasteiger partial charge on any atom is 0.251 e. The fraction of sp³-hybridized carbons (Fsp3) is 0.167. The summed E-state index contributed by atoms with van der Waals surface area (Å²) in [6, 6.07) is 17.4. The van der Waals surface area contributed by atoms with Crippen molar-refractivity contribution < 1.29 is 4.79 Å². The molecule has 2 aromatic carbocycles. The van der Waals surface area contributed by atoms with E-state index in [9.17, 15) is 4.79 Å². The van der Waals surface area contributed by atoms with Crippen molar-refractivity contribution in [3.63, 3.8) is 0 Å². The molecule has 0 saturated heterocycles. The molecule has 122 valence electrons. The third kappa shape index (κ3) is 3.49. The van der Waals surface area contributed by atoms with Crippen molar-refractivity contribution in [2.75, 3.05) is 6.26 Å². The van der Waals surface area contributed by atoms with E-state index < -0.39 is 0 Å². The van der Waals surface area contributed by atoms with Crippen molar-refractivity contribution in [2.45, 2.75) is 18.6 Å². The number of nitrogens with zero attached hydrogens (tertiary/aromatic N) is 3. The van der Waals surface area contributed by atoms with Crippen LogP contribution in [0.5, 0.6) is 0 Å². The van der Waals surface area contributed by atoms with E-state index in [0.29, 0.717) is 17.9 Å². The van der Waals surface area contributed by atoms with Gasteiger partial charge >= 0.3 is 0 Å². The number of para-hydroxylation sites is 1. The Morgan fingerprint density at radius 3 is 2.62 bits per heavy atom. The number of carbonyl (C=O) groups is 1. The van der Waals surface area contributed by atoms with Gasteiger partial charge in [-0.1, -0.05) is 47.7 Å². The molecule has 1 N–H and O–H groups in total. The highest BCUT2D eigenvalue weighted by molar-refractivity contribution is 7.98. The van der Waals surface area contributed by atoms with Crippen LogP contribution >= 0.6 is 11.8 Å². The van der Waals surface area contributed by atoms with Gasteiger partial charge in [0.25, 0.3) is 5.91 Å². The summed E-state index contributed by atoms with van der Waals surface area (Å²) in [5.74, 6) is 0.582. The van der Waals surface area contributed by atoms with E-state index in [1.165, 1.54) is 11.8 Å². The largest absolute Gasteiger partial charge is 0.345 e. The first-order valence-electron chi connectivity index (χ1n) is 7.57. The van der Waals surface area contributed by atoms with Crippen molar-refractivity contribution >= 4 is 17.7 Å². The average molecular weight is 338 g/mol. The van der Waals surface area contributed by atoms with Crippen LogP contribution in [0.15, 0.2) is 59.8 Å². The zero-order valence-electron chi connectivity index (χ0n) is 13.6. The zero-order valence-corrected chi connectivity index (χ0v) is 14.4. The van der Waals surface area contributed by atoms with Crippen molar-refractivity contribution in [3.8, 4) is 5.69 Å². The normalized spacial score (nSPS) is 10.6. The summed E-state index contributed by atoms with van der Waals surface area (Å²) in [4.78, 5) is 12.3. The van der Waals surface area contributed by atoms with E-state index in [1.807, 2.05) is 66.3 Å². The maximum atomic E-state index is 12.3. The molecular weight excluding hydrogens is 320 g/mol. The SMILES string of the molecule is CSc1nnc(CNC(=O)c2cccc(C)c2)n1-c1ccccc1. The van der Waals surface area contributed by atoms with E-state index >= 15 is 0 Å². The lowest BCUT2D eigenvalue weighted by Crippen LogP contribution is -2.24. The maximum absolute atomic E-state index is 12.3. The number of aryl methyl sites for hydroxylation is 1. The fourth-order valence-corrected chi connectivity index (χ4v) is 2.95. The van der Waals surface area contributed by atoms with Gasteiger partial charge in [0.15, 0.2) is 11.0 Å². The van der Waals surface area contributed by atoms with Gasteiger partial charge in [-0.25, -0.2) is 0 Å². The third-order valence-corrected chi connectivity index (χ3v) is 4.21. The topological polar surface area (TPSA) is 59.8 Å². The summed E-state index contributed by atoms with van der Waals surface area (Å²) in [7, 11) is 0. The molecule has 0 aliphatic carbocycles. The average Bonchev–Trinajstić information content (AvgIpc) is 3.03. The number of rotatable bonds is 5. The molecule has 0 atom stereocenters. The molecule has 0 unspecified atom stereocenters. The van der Waals surface area contributed by atoms with Crippen LogP contribution in [0.3, 0.4) is 0 Å². The summed E-state index contributed by atoms with van der Waals surface area (Å²) in [6.45, 7) is 2.28.